The molecule has 0 spiro atoms. The van der Waals surface area contributed by atoms with Crippen molar-refractivity contribution in [2.45, 2.75) is 19.4 Å². The van der Waals surface area contributed by atoms with E-state index in [1.807, 2.05) is 0 Å². The van der Waals surface area contributed by atoms with E-state index in [1.54, 1.807) is 6.92 Å². The molecule has 0 aromatic heterocycles. The number of halogens is 2. The van der Waals surface area contributed by atoms with Crippen molar-refractivity contribution in [3.05, 3.63) is 29.0 Å². The molecule has 1 fully saturated rings. The molecule has 1 N–H and O–H groups in total. The van der Waals surface area contributed by atoms with Crippen LogP contribution in [0.1, 0.15) is 13.3 Å². The van der Waals surface area contributed by atoms with Crippen LogP contribution in [0.2, 0.25) is 5.02 Å². The van der Waals surface area contributed by atoms with Crippen LogP contribution in [-0.4, -0.2) is 24.4 Å². The molecular weight excluding hydrogens is 259 g/mol. The van der Waals surface area contributed by atoms with Gasteiger partial charge >= 0.3 is 0 Å². The number of hydrogen-bond acceptors (Lipinski definition) is 2. The molecule has 1 aromatic carbocycles. The van der Waals surface area contributed by atoms with E-state index < -0.39 is 11.9 Å². The third-order valence-corrected chi connectivity index (χ3v) is 3.09. The quantitative estimate of drug-likeness (QED) is 0.890. The molecule has 0 aliphatic carbocycles. The van der Waals surface area contributed by atoms with Crippen LogP contribution in [0, 0.1) is 5.82 Å². The zero-order valence-electron chi connectivity index (χ0n) is 9.74. The SMILES string of the molecule is CCC1C(=O)NCC(=O)N1c1ccc(Cl)cc1F. The molecular formula is C12H12ClFN2O2. The fourth-order valence-electron chi connectivity index (χ4n) is 2.00. The topological polar surface area (TPSA) is 49.4 Å². The van der Waals surface area contributed by atoms with Gasteiger partial charge in [0.1, 0.15) is 11.9 Å². The molecule has 1 saturated heterocycles. The smallest absolute Gasteiger partial charge is 0.247 e. The summed E-state index contributed by atoms with van der Waals surface area (Å²) in [5.74, 6) is -1.21. The number of nitrogens with zero attached hydrogens (tertiary/aromatic N) is 1. The maximum absolute atomic E-state index is 13.8. The van der Waals surface area contributed by atoms with Crippen LogP contribution in [-0.2, 0) is 9.59 Å². The fraction of sp³-hybridized carbons (Fsp3) is 0.333. The maximum Gasteiger partial charge on any atom is 0.247 e. The first kappa shape index (κ1) is 12.8. The lowest BCUT2D eigenvalue weighted by molar-refractivity contribution is -0.131. The Bertz CT molecular complexity index is 507. The van der Waals surface area contributed by atoms with Crippen LogP contribution in [0.4, 0.5) is 10.1 Å². The molecule has 1 unspecified atom stereocenters. The molecule has 4 nitrogen and oxygen atoms in total. The van der Waals surface area contributed by atoms with Crippen molar-refractivity contribution >= 4 is 29.1 Å². The average molecular weight is 271 g/mol. The van der Waals surface area contributed by atoms with Gasteiger partial charge in [0.15, 0.2) is 0 Å². The van der Waals surface area contributed by atoms with Crippen LogP contribution >= 0.6 is 11.6 Å². The number of hydrogen-bond donors (Lipinski definition) is 1. The van der Waals surface area contributed by atoms with Gasteiger partial charge in [-0.25, -0.2) is 4.39 Å². The molecule has 0 radical (unpaired) electrons. The van der Waals surface area contributed by atoms with Crippen molar-refractivity contribution < 1.29 is 14.0 Å². The van der Waals surface area contributed by atoms with Gasteiger partial charge in [0, 0.05) is 5.02 Å². The van der Waals surface area contributed by atoms with E-state index in [2.05, 4.69) is 5.32 Å². The normalized spacial score (nSPS) is 19.9. The Hall–Kier alpha value is -1.62. The third-order valence-electron chi connectivity index (χ3n) is 2.85. The van der Waals surface area contributed by atoms with Crippen molar-refractivity contribution in [3.63, 3.8) is 0 Å². The van der Waals surface area contributed by atoms with Crippen LogP contribution in [0.15, 0.2) is 18.2 Å². The highest BCUT2D eigenvalue weighted by Crippen LogP contribution is 2.26. The lowest BCUT2D eigenvalue weighted by Gasteiger charge is -2.34. The van der Waals surface area contributed by atoms with Gasteiger partial charge in [-0.15, -0.1) is 0 Å². The van der Waals surface area contributed by atoms with E-state index >= 15 is 0 Å². The summed E-state index contributed by atoms with van der Waals surface area (Å²) in [6.07, 6.45) is 0.416. The molecule has 1 aromatic rings. The number of carbonyl (C=O) groups is 2. The molecule has 96 valence electrons. The summed E-state index contributed by atoms with van der Waals surface area (Å²) >= 11 is 5.67. The number of amides is 2. The van der Waals surface area contributed by atoms with Gasteiger partial charge in [-0.3, -0.25) is 14.5 Å². The van der Waals surface area contributed by atoms with Gasteiger partial charge < -0.3 is 5.32 Å². The van der Waals surface area contributed by atoms with Crippen LogP contribution < -0.4 is 10.2 Å². The Morgan fingerprint density at radius 2 is 2.22 bits per heavy atom. The predicted molar refractivity (Wildman–Crippen MR) is 66.0 cm³/mol. The Kier molecular flexibility index (Phi) is 3.52. The molecule has 2 rings (SSSR count). The molecule has 18 heavy (non-hydrogen) atoms. The Morgan fingerprint density at radius 3 is 2.83 bits per heavy atom. The highest BCUT2D eigenvalue weighted by Gasteiger charge is 2.35. The van der Waals surface area contributed by atoms with E-state index in [0.29, 0.717) is 6.42 Å². The second kappa shape index (κ2) is 4.94. The van der Waals surface area contributed by atoms with Gasteiger partial charge in [0.2, 0.25) is 11.8 Å². The maximum atomic E-state index is 13.8. The Morgan fingerprint density at radius 1 is 1.50 bits per heavy atom. The number of carbonyl (C=O) groups excluding carboxylic acids is 2. The summed E-state index contributed by atoms with van der Waals surface area (Å²) in [6, 6.07) is 3.36. The van der Waals surface area contributed by atoms with E-state index in [0.717, 1.165) is 6.07 Å². The summed E-state index contributed by atoms with van der Waals surface area (Å²) in [5, 5.41) is 2.73. The minimum Gasteiger partial charge on any atom is -0.345 e. The van der Waals surface area contributed by atoms with Gasteiger partial charge in [0.05, 0.1) is 12.2 Å². The summed E-state index contributed by atoms with van der Waals surface area (Å²) in [7, 11) is 0. The number of rotatable bonds is 2. The molecule has 2 amide bonds. The van der Waals surface area contributed by atoms with Crippen LogP contribution in [0.5, 0.6) is 0 Å². The third kappa shape index (κ3) is 2.18. The van der Waals surface area contributed by atoms with Crippen LogP contribution in [0.25, 0.3) is 0 Å². The summed E-state index contributed by atoms with van der Waals surface area (Å²) in [6.45, 7) is 1.65. The van der Waals surface area contributed by atoms with E-state index in [4.69, 9.17) is 11.6 Å². The first-order valence-corrected chi connectivity index (χ1v) is 5.97. The van der Waals surface area contributed by atoms with Crippen molar-refractivity contribution in [2.75, 3.05) is 11.4 Å². The first-order valence-electron chi connectivity index (χ1n) is 5.59. The molecule has 0 saturated carbocycles. The zero-order chi connectivity index (χ0) is 13.3. The van der Waals surface area contributed by atoms with Crippen molar-refractivity contribution in [1.82, 2.24) is 5.32 Å². The zero-order valence-corrected chi connectivity index (χ0v) is 10.5. The monoisotopic (exact) mass is 270 g/mol. The van der Waals surface area contributed by atoms with E-state index in [-0.39, 0.29) is 29.1 Å². The fourth-order valence-corrected chi connectivity index (χ4v) is 2.16. The number of nitrogens with one attached hydrogen (secondary N) is 1. The van der Waals surface area contributed by atoms with Crippen molar-refractivity contribution in [3.8, 4) is 0 Å². The Labute approximate surface area is 109 Å². The highest BCUT2D eigenvalue weighted by molar-refractivity contribution is 6.30. The van der Waals surface area contributed by atoms with Crippen molar-refractivity contribution in [1.29, 1.82) is 0 Å². The lowest BCUT2D eigenvalue weighted by atomic mass is 10.1. The number of anilines is 1. The molecule has 1 aliphatic heterocycles. The largest absolute Gasteiger partial charge is 0.345 e. The van der Waals surface area contributed by atoms with E-state index in [1.165, 1.54) is 17.0 Å². The second-order valence-electron chi connectivity index (χ2n) is 4.00. The molecule has 0 bridgehead atoms. The van der Waals surface area contributed by atoms with Gasteiger partial charge in [-0.05, 0) is 24.6 Å². The predicted octanol–water partition coefficient (Wildman–Crippen LogP) is 1.72. The summed E-state index contributed by atoms with van der Waals surface area (Å²) in [4.78, 5) is 24.7. The minimum absolute atomic E-state index is 0.0890. The number of benzene rings is 1. The first-order chi connectivity index (χ1) is 8.54. The van der Waals surface area contributed by atoms with Gasteiger partial charge in [-0.1, -0.05) is 18.5 Å². The van der Waals surface area contributed by atoms with Crippen molar-refractivity contribution in [2.24, 2.45) is 0 Å². The highest BCUT2D eigenvalue weighted by atomic mass is 35.5. The van der Waals surface area contributed by atoms with E-state index in [9.17, 15) is 14.0 Å². The molecule has 6 heteroatoms. The molecule has 1 aliphatic rings. The summed E-state index contributed by atoms with van der Waals surface area (Å²) < 4.78 is 13.8. The van der Waals surface area contributed by atoms with Gasteiger partial charge in [-0.2, -0.15) is 0 Å². The molecule has 1 heterocycles. The van der Waals surface area contributed by atoms with Gasteiger partial charge in [0.25, 0.3) is 0 Å². The Balaban J connectivity index is 2.44. The standard InChI is InChI=1S/C12H12ClFN2O2/c1-2-9-12(18)15-6-11(17)16(9)10-4-3-7(13)5-8(10)14/h3-5,9H,2,6H2,1H3,(H,15,18). The summed E-state index contributed by atoms with van der Waals surface area (Å²) in [5.41, 5.74) is 0.0890. The van der Waals surface area contributed by atoms with Crippen LogP contribution in [0.3, 0.4) is 0 Å². The number of piperazine rings is 1. The lowest BCUT2D eigenvalue weighted by Crippen LogP contribution is -2.58. The second-order valence-corrected chi connectivity index (χ2v) is 4.44. The minimum atomic E-state index is -0.679. The molecule has 1 atom stereocenters. The average Bonchev–Trinajstić information content (AvgIpc) is 2.33.